The van der Waals surface area contributed by atoms with Gasteiger partial charge in [0.15, 0.2) is 0 Å². The van der Waals surface area contributed by atoms with Gasteiger partial charge in [0.25, 0.3) is 5.88 Å². The van der Waals surface area contributed by atoms with Crippen LogP contribution in [-0.4, -0.2) is 65.0 Å². The molecule has 0 spiro atoms. The van der Waals surface area contributed by atoms with E-state index in [0.717, 1.165) is 32.4 Å². The molecule has 2 fully saturated rings. The van der Waals surface area contributed by atoms with Crippen molar-refractivity contribution in [2.45, 2.75) is 25.4 Å². The zero-order valence-corrected chi connectivity index (χ0v) is 13.3. The molecule has 0 bridgehead atoms. The average molecular weight is 315 g/mol. The van der Waals surface area contributed by atoms with Gasteiger partial charge in [0.2, 0.25) is 11.6 Å². The Morgan fingerprint density at radius 2 is 2.13 bits per heavy atom. The van der Waals surface area contributed by atoms with Gasteiger partial charge in [-0.1, -0.05) is 0 Å². The van der Waals surface area contributed by atoms with Gasteiger partial charge in [0.1, 0.15) is 12.2 Å². The lowest BCUT2D eigenvalue weighted by Gasteiger charge is -2.31. The topological polar surface area (TPSA) is 82.3 Å². The summed E-state index contributed by atoms with van der Waals surface area (Å²) in [7, 11) is 2.06. The zero-order valence-electron chi connectivity index (χ0n) is 13.3. The first-order valence-electron chi connectivity index (χ1n) is 8.02. The van der Waals surface area contributed by atoms with Gasteiger partial charge in [-0.3, -0.25) is 4.79 Å². The highest BCUT2D eigenvalue weighted by Crippen LogP contribution is 2.23. The van der Waals surface area contributed by atoms with Crippen molar-refractivity contribution in [2.24, 2.45) is 5.92 Å². The molecule has 2 atom stereocenters. The van der Waals surface area contributed by atoms with Crippen LogP contribution in [0.3, 0.4) is 0 Å². The van der Waals surface area contributed by atoms with Gasteiger partial charge in [-0.25, -0.2) is 9.97 Å². The van der Waals surface area contributed by atoms with E-state index in [1.165, 1.54) is 12.4 Å². The maximum absolute atomic E-state index is 12.6. The molecule has 0 aliphatic carbocycles. The van der Waals surface area contributed by atoms with E-state index in [0.29, 0.717) is 13.1 Å². The summed E-state index contributed by atoms with van der Waals surface area (Å²) in [5.74, 6) is 0.577. The first kappa shape index (κ1) is 15.7. The molecule has 0 saturated carbocycles. The Labute approximate surface area is 135 Å². The fraction of sp³-hybridized carbons (Fsp3) is 0.625. The summed E-state index contributed by atoms with van der Waals surface area (Å²) in [6.45, 7) is 3.16. The Morgan fingerprint density at radius 1 is 1.30 bits per heavy atom. The number of nitrogens with zero attached hydrogens (tertiary/aromatic N) is 5. The molecule has 2 aliphatic heterocycles. The van der Waals surface area contributed by atoms with Crippen LogP contribution in [0.5, 0.6) is 5.88 Å². The van der Waals surface area contributed by atoms with E-state index in [2.05, 4.69) is 21.9 Å². The van der Waals surface area contributed by atoms with E-state index in [4.69, 9.17) is 10.00 Å². The van der Waals surface area contributed by atoms with Gasteiger partial charge in [-0.05, 0) is 26.4 Å². The summed E-state index contributed by atoms with van der Waals surface area (Å²) in [5, 5.41) is 9.03. The third-order valence-corrected chi connectivity index (χ3v) is 4.48. The second-order valence-electron chi connectivity index (χ2n) is 6.24. The number of ether oxygens (including phenoxy) is 1. The summed E-state index contributed by atoms with van der Waals surface area (Å²) >= 11 is 0. The van der Waals surface area contributed by atoms with Gasteiger partial charge in [-0.2, -0.15) is 5.26 Å². The van der Waals surface area contributed by atoms with Crippen molar-refractivity contribution in [1.29, 1.82) is 5.26 Å². The minimum atomic E-state index is -0.121. The van der Waals surface area contributed by atoms with Gasteiger partial charge >= 0.3 is 0 Å². The van der Waals surface area contributed by atoms with Crippen molar-refractivity contribution in [2.75, 3.05) is 33.2 Å². The van der Waals surface area contributed by atoms with E-state index in [1.54, 1.807) is 0 Å². The second kappa shape index (κ2) is 6.92. The number of nitriles is 1. The van der Waals surface area contributed by atoms with E-state index < -0.39 is 0 Å². The summed E-state index contributed by atoms with van der Waals surface area (Å²) in [4.78, 5) is 24.7. The van der Waals surface area contributed by atoms with Gasteiger partial charge in [-0.15, -0.1) is 0 Å². The lowest BCUT2D eigenvalue weighted by atomic mass is 9.97. The fourth-order valence-corrected chi connectivity index (χ4v) is 3.30. The molecular formula is C16H21N5O2. The molecule has 1 aromatic heterocycles. The van der Waals surface area contributed by atoms with Gasteiger partial charge < -0.3 is 14.5 Å². The Morgan fingerprint density at radius 3 is 2.91 bits per heavy atom. The number of aromatic nitrogens is 2. The maximum atomic E-state index is 12.6. The lowest BCUT2D eigenvalue weighted by molar-refractivity contribution is -0.136. The van der Waals surface area contributed by atoms with Crippen molar-refractivity contribution in [1.82, 2.24) is 19.8 Å². The van der Waals surface area contributed by atoms with Crippen LogP contribution in [0.25, 0.3) is 0 Å². The standard InChI is InChI=1S/C16H21N5O2/c1-20-7-2-3-12(10-20)16(22)21-8-4-13(11-21)23-15-14(9-17)18-5-6-19-15/h5-6,12-13H,2-4,7-8,10-11H2,1H3/t12-,13-/m0/s1. The Kier molecular flexibility index (Phi) is 4.72. The van der Waals surface area contributed by atoms with Gasteiger partial charge in [0.05, 0.1) is 12.5 Å². The minimum Gasteiger partial charge on any atom is -0.470 e. The van der Waals surface area contributed by atoms with Crippen LogP contribution in [0.1, 0.15) is 25.0 Å². The molecule has 0 unspecified atom stereocenters. The van der Waals surface area contributed by atoms with E-state index >= 15 is 0 Å². The zero-order chi connectivity index (χ0) is 16.2. The third kappa shape index (κ3) is 3.59. The highest BCUT2D eigenvalue weighted by molar-refractivity contribution is 5.79. The van der Waals surface area contributed by atoms with Crippen molar-refractivity contribution < 1.29 is 9.53 Å². The molecule has 1 amide bonds. The van der Waals surface area contributed by atoms with Crippen LogP contribution in [0, 0.1) is 17.2 Å². The molecule has 0 N–H and O–H groups in total. The molecule has 1 aromatic rings. The predicted octanol–water partition coefficient (Wildman–Crippen LogP) is 0.670. The van der Waals surface area contributed by atoms with Gasteiger partial charge in [0, 0.05) is 31.9 Å². The number of likely N-dealkylation sites (tertiary alicyclic amines) is 2. The molecule has 7 nitrogen and oxygen atoms in total. The summed E-state index contributed by atoms with van der Waals surface area (Å²) in [6.07, 6.45) is 5.65. The molecule has 0 radical (unpaired) electrons. The highest BCUT2D eigenvalue weighted by Gasteiger charge is 2.33. The molecule has 0 aromatic carbocycles. The summed E-state index contributed by atoms with van der Waals surface area (Å²) in [6, 6.07) is 1.98. The average Bonchev–Trinajstić information content (AvgIpc) is 3.03. The van der Waals surface area contributed by atoms with E-state index in [1.807, 2.05) is 11.0 Å². The molecule has 3 heterocycles. The van der Waals surface area contributed by atoms with Crippen molar-refractivity contribution in [3.63, 3.8) is 0 Å². The number of carbonyl (C=O) groups is 1. The normalized spacial score (nSPS) is 25.1. The molecule has 23 heavy (non-hydrogen) atoms. The van der Waals surface area contributed by atoms with Crippen LogP contribution < -0.4 is 4.74 Å². The summed E-state index contributed by atoms with van der Waals surface area (Å²) in [5.41, 5.74) is 0.186. The molecule has 2 saturated heterocycles. The number of hydrogen-bond donors (Lipinski definition) is 0. The lowest BCUT2D eigenvalue weighted by Crippen LogP contribution is -2.43. The molecule has 3 rings (SSSR count). The first-order valence-corrected chi connectivity index (χ1v) is 8.02. The fourth-order valence-electron chi connectivity index (χ4n) is 3.30. The Bertz CT molecular complexity index is 615. The Balaban J connectivity index is 1.58. The maximum Gasteiger partial charge on any atom is 0.251 e. The van der Waals surface area contributed by atoms with Crippen molar-refractivity contribution in [3.8, 4) is 11.9 Å². The Hall–Kier alpha value is -2.20. The molecule has 122 valence electrons. The van der Waals surface area contributed by atoms with Crippen molar-refractivity contribution >= 4 is 5.91 Å². The quantitative estimate of drug-likeness (QED) is 0.815. The van der Waals surface area contributed by atoms with Crippen LogP contribution in [0.2, 0.25) is 0 Å². The third-order valence-electron chi connectivity index (χ3n) is 4.48. The number of amides is 1. The van der Waals surface area contributed by atoms with Crippen LogP contribution in [0.4, 0.5) is 0 Å². The second-order valence-corrected chi connectivity index (χ2v) is 6.24. The monoisotopic (exact) mass is 315 g/mol. The SMILES string of the molecule is CN1CCC[C@H](C(=O)N2CC[C@H](Oc3nccnc3C#N)C2)C1. The van der Waals surface area contributed by atoms with Crippen LogP contribution >= 0.6 is 0 Å². The molecule has 2 aliphatic rings. The van der Waals surface area contributed by atoms with Crippen molar-refractivity contribution in [3.05, 3.63) is 18.1 Å². The van der Waals surface area contributed by atoms with Crippen LogP contribution in [-0.2, 0) is 4.79 Å². The smallest absolute Gasteiger partial charge is 0.251 e. The minimum absolute atomic E-state index is 0.0960. The van der Waals surface area contributed by atoms with E-state index in [9.17, 15) is 4.79 Å². The molecular weight excluding hydrogens is 294 g/mol. The van der Waals surface area contributed by atoms with Crippen LogP contribution in [0.15, 0.2) is 12.4 Å². The van der Waals surface area contributed by atoms with E-state index in [-0.39, 0.29) is 29.5 Å². The summed E-state index contributed by atoms with van der Waals surface area (Å²) < 4.78 is 5.79. The predicted molar refractivity (Wildman–Crippen MR) is 82.6 cm³/mol. The largest absolute Gasteiger partial charge is 0.470 e. The number of hydrogen-bond acceptors (Lipinski definition) is 6. The highest BCUT2D eigenvalue weighted by atomic mass is 16.5. The number of piperidine rings is 1. The molecule has 7 heteroatoms. The first-order chi connectivity index (χ1) is 11.2. The number of carbonyl (C=O) groups excluding carboxylic acids is 1. The number of rotatable bonds is 3.